The first-order valence-electron chi connectivity index (χ1n) is 7.42. The van der Waals surface area contributed by atoms with Crippen LogP contribution in [0.2, 0.25) is 5.02 Å². The SMILES string of the molecule is Cc1cc(C)c(NC(=O)CNC(=O)c2cc(Cl)ccc2O)c(C)c1. The van der Waals surface area contributed by atoms with E-state index in [4.69, 9.17) is 11.6 Å². The molecule has 0 atom stereocenters. The maximum atomic E-state index is 12.1. The Morgan fingerprint density at radius 3 is 2.33 bits per heavy atom. The first-order chi connectivity index (χ1) is 11.3. The summed E-state index contributed by atoms with van der Waals surface area (Å²) < 4.78 is 0. The lowest BCUT2D eigenvalue weighted by atomic mass is 10.1. The number of phenolic OH excluding ortho intramolecular Hbond substituents is 1. The molecule has 0 aliphatic heterocycles. The molecule has 0 radical (unpaired) electrons. The molecule has 24 heavy (non-hydrogen) atoms. The van der Waals surface area contributed by atoms with Crippen molar-refractivity contribution in [3.8, 4) is 5.75 Å². The van der Waals surface area contributed by atoms with E-state index in [1.54, 1.807) is 0 Å². The van der Waals surface area contributed by atoms with Crippen molar-refractivity contribution in [2.45, 2.75) is 20.8 Å². The molecule has 0 bridgehead atoms. The van der Waals surface area contributed by atoms with Crippen LogP contribution in [-0.2, 0) is 4.79 Å². The Kier molecular flexibility index (Phi) is 5.46. The van der Waals surface area contributed by atoms with Crippen molar-refractivity contribution >= 4 is 29.1 Å². The van der Waals surface area contributed by atoms with Crippen LogP contribution in [0.3, 0.4) is 0 Å². The molecule has 0 aliphatic carbocycles. The van der Waals surface area contributed by atoms with Crippen LogP contribution in [0.4, 0.5) is 5.69 Å². The average molecular weight is 347 g/mol. The second-order valence-electron chi connectivity index (χ2n) is 5.67. The molecule has 2 amide bonds. The zero-order valence-electron chi connectivity index (χ0n) is 13.7. The van der Waals surface area contributed by atoms with Crippen molar-refractivity contribution in [2.24, 2.45) is 0 Å². The molecule has 0 aliphatic rings. The predicted octanol–water partition coefficient (Wildman–Crippen LogP) is 3.34. The van der Waals surface area contributed by atoms with Gasteiger partial charge in [-0.15, -0.1) is 0 Å². The summed E-state index contributed by atoms with van der Waals surface area (Å²) >= 11 is 5.81. The second-order valence-corrected chi connectivity index (χ2v) is 6.10. The minimum absolute atomic E-state index is 0.0259. The van der Waals surface area contributed by atoms with Gasteiger partial charge in [-0.2, -0.15) is 0 Å². The first kappa shape index (κ1) is 17.8. The maximum absolute atomic E-state index is 12.1. The Morgan fingerprint density at radius 2 is 1.71 bits per heavy atom. The fourth-order valence-corrected chi connectivity index (χ4v) is 2.68. The normalized spacial score (nSPS) is 10.3. The lowest BCUT2D eigenvalue weighted by Gasteiger charge is -2.13. The van der Waals surface area contributed by atoms with Crippen LogP contribution in [0, 0.1) is 20.8 Å². The summed E-state index contributed by atoms with van der Waals surface area (Å²) in [5, 5.41) is 15.3. The number of amides is 2. The third-order valence-electron chi connectivity index (χ3n) is 3.55. The van der Waals surface area contributed by atoms with E-state index in [9.17, 15) is 14.7 Å². The van der Waals surface area contributed by atoms with Crippen molar-refractivity contribution in [1.29, 1.82) is 0 Å². The lowest BCUT2D eigenvalue weighted by molar-refractivity contribution is -0.115. The highest BCUT2D eigenvalue weighted by Crippen LogP contribution is 2.22. The molecule has 6 heteroatoms. The molecule has 0 saturated carbocycles. The molecule has 0 saturated heterocycles. The Labute approximate surface area is 145 Å². The molecule has 0 unspecified atom stereocenters. The molecule has 2 aromatic rings. The monoisotopic (exact) mass is 346 g/mol. The van der Waals surface area contributed by atoms with Crippen LogP contribution in [0.25, 0.3) is 0 Å². The largest absolute Gasteiger partial charge is 0.507 e. The first-order valence-corrected chi connectivity index (χ1v) is 7.80. The molecule has 0 aromatic heterocycles. The van der Waals surface area contributed by atoms with Crippen LogP contribution >= 0.6 is 11.6 Å². The number of aromatic hydroxyl groups is 1. The third kappa shape index (κ3) is 4.26. The number of phenols is 1. The molecule has 3 N–H and O–H groups in total. The summed E-state index contributed by atoms with van der Waals surface area (Å²) in [5.74, 6) is -1.11. The number of benzene rings is 2. The fourth-order valence-electron chi connectivity index (χ4n) is 2.51. The zero-order valence-corrected chi connectivity index (χ0v) is 14.5. The molecular formula is C18H19ClN2O3. The number of nitrogens with one attached hydrogen (secondary N) is 2. The van der Waals surface area contributed by atoms with Gasteiger partial charge in [-0.05, 0) is 50.1 Å². The highest BCUT2D eigenvalue weighted by atomic mass is 35.5. The lowest BCUT2D eigenvalue weighted by Crippen LogP contribution is -2.33. The minimum atomic E-state index is -0.567. The third-order valence-corrected chi connectivity index (χ3v) is 3.79. The Morgan fingerprint density at radius 1 is 1.08 bits per heavy atom. The van der Waals surface area contributed by atoms with Crippen LogP contribution < -0.4 is 10.6 Å². The van der Waals surface area contributed by atoms with Gasteiger partial charge in [0.25, 0.3) is 5.91 Å². The van der Waals surface area contributed by atoms with Gasteiger partial charge in [-0.25, -0.2) is 0 Å². The summed E-state index contributed by atoms with van der Waals surface area (Å²) in [5.41, 5.74) is 3.80. The number of rotatable bonds is 4. The van der Waals surface area contributed by atoms with Crippen LogP contribution in [0.1, 0.15) is 27.0 Å². The molecule has 2 rings (SSSR count). The van der Waals surface area contributed by atoms with Gasteiger partial charge in [-0.1, -0.05) is 29.3 Å². The topological polar surface area (TPSA) is 78.4 Å². The number of hydrogen-bond donors (Lipinski definition) is 3. The van der Waals surface area contributed by atoms with Crippen molar-refractivity contribution in [3.05, 3.63) is 57.6 Å². The van der Waals surface area contributed by atoms with Crippen LogP contribution in [0.5, 0.6) is 5.75 Å². The van der Waals surface area contributed by atoms with Gasteiger partial charge in [0.15, 0.2) is 0 Å². The van der Waals surface area contributed by atoms with E-state index in [1.807, 2.05) is 32.9 Å². The molecular weight excluding hydrogens is 328 g/mol. The van der Waals surface area contributed by atoms with Gasteiger partial charge in [0.2, 0.25) is 5.91 Å². The number of halogens is 1. The molecule has 5 nitrogen and oxygen atoms in total. The van der Waals surface area contributed by atoms with Gasteiger partial charge >= 0.3 is 0 Å². The predicted molar refractivity (Wildman–Crippen MR) is 94.7 cm³/mol. The number of hydrogen-bond acceptors (Lipinski definition) is 3. The maximum Gasteiger partial charge on any atom is 0.255 e. The van der Waals surface area contributed by atoms with Crippen LogP contribution in [-0.4, -0.2) is 23.5 Å². The second kappa shape index (κ2) is 7.36. The summed E-state index contributed by atoms with van der Waals surface area (Å²) in [7, 11) is 0. The minimum Gasteiger partial charge on any atom is -0.507 e. The number of anilines is 1. The molecule has 0 heterocycles. The smallest absolute Gasteiger partial charge is 0.255 e. The summed E-state index contributed by atoms with van der Waals surface area (Å²) in [6.07, 6.45) is 0. The van der Waals surface area contributed by atoms with E-state index in [2.05, 4.69) is 10.6 Å². The van der Waals surface area contributed by atoms with Gasteiger partial charge in [-0.3, -0.25) is 9.59 Å². The highest BCUT2D eigenvalue weighted by Gasteiger charge is 2.14. The summed E-state index contributed by atoms with van der Waals surface area (Å²) in [4.78, 5) is 24.1. The average Bonchev–Trinajstić information content (AvgIpc) is 2.50. The summed E-state index contributed by atoms with van der Waals surface area (Å²) in [6.45, 7) is 5.61. The Bertz CT molecular complexity index is 780. The fraction of sp³-hybridized carbons (Fsp3) is 0.222. The Hall–Kier alpha value is -2.53. The number of carbonyl (C=O) groups excluding carboxylic acids is 2. The van der Waals surface area contributed by atoms with Crippen molar-refractivity contribution in [2.75, 3.05) is 11.9 Å². The molecule has 0 spiro atoms. The van der Waals surface area contributed by atoms with Gasteiger partial charge in [0, 0.05) is 10.7 Å². The van der Waals surface area contributed by atoms with E-state index < -0.39 is 5.91 Å². The van der Waals surface area contributed by atoms with Gasteiger partial charge in [0.05, 0.1) is 12.1 Å². The van der Waals surface area contributed by atoms with Gasteiger partial charge < -0.3 is 15.7 Å². The zero-order chi connectivity index (χ0) is 17.9. The van der Waals surface area contributed by atoms with E-state index >= 15 is 0 Å². The van der Waals surface area contributed by atoms with Gasteiger partial charge in [0.1, 0.15) is 5.75 Å². The van der Waals surface area contributed by atoms with Crippen molar-refractivity contribution < 1.29 is 14.7 Å². The van der Waals surface area contributed by atoms with Crippen molar-refractivity contribution in [3.63, 3.8) is 0 Å². The van der Waals surface area contributed by atoms with Crippen LogP contribution in [0.15, 0.2) is 30.3 Å². The molecule has 2 aromatic carbocycles. The standard InChI is InChI=1S/C18H19ClN2O3/c1-10-6-11(2)17(12(3)7-10)21-16(23)9-20-18(24)14-8-13(19)4-5-15(14)22/h4-8,22H,9H2,1-3H3,(H,20,24)(H,21,23). The Balaban J connectivity index is 2.01. The van der Waals surface area contributed by atoms with E-state index in [-0.39, 0.29) is 23.8 Å². The van der Waals surface area contributed by atoms with E-state index in [1.165, 1.54) is 18.2 Å². The quantitative estimate of drug-likeness (QED) is 0.794. The van der Waals surface area contributed by atoms with Crippen molar-refractivity contribution in [1.82, 2.24) is 5.32 Å². The number of aryl methyl sites for hydroxylation is 3. The van der Waals surface area contributed by atoms with E-state index in [0.29, 0.717) is 5.02 Å². The van der Waals surface area contributed by atoms with E-state index in [0.717, 1.165) is 22.4 Å². The molecule has 0 fully saturated rings. The highest BCUT2D eigenvalue weighted by molar-refractivity contribution is 6.31. The summed E-state index contributed by atoms with van der Waals surface area (Å²) in [6, 6.07) is 8.11. The molecule has 126 valence electrons. The number of carbonyl (C=O) groups is 2.